The van der Waals surface area contributed by atoms with E-state index in [2.05, 4.69) is 5.32 Å². The van der Waals surface area contributed by atoms with Crippen molar-refractivity contribution in [2.45, 2.75) is 19.4 Å². The fourth-order valence-corrected chi connectivity index (χ4v) is 2.71. The van der Waals surface area contributed by atoms with Gasteiger partial charge >= 0.3 is 0 Å². The van der Waals surface area contributed by atoms with Gasteiger partial charge in [0.1, 0.15) is 0 Å². The van der Waals surface area contributed by atoms with E-state index in [9.17, 15) is 17.6 Å². The molecule has 0 radical (unpaired) electrons. The Morgan fingerprint density at radius 2 is 1.92 bits per heavy atom. The Balaban J connectivity index is 2.14. The molecule has 1 unspecified atom stereocenters. The number of nitrogens with zero attached hydrogens (tertiary/aromatic N) is 1. The standard InChI is InChI=1S/C18H21FN2O4S/c1-4-16(25-17-11-6-5-10-15(17)19)18(22)20-13-8-7-9-14(12-13)21(2)26(3,23)24/h5-12,16H,4H2,1-3H3,(H,20,22). The van der Waals surface area contributed by atoms with E-state index >= 15 is 0 Å². The van der Waals surface area contributed by atoms with Crippen molar-refractivity contribution in [3.05, 3.63) is 54.3 Å². The number of anilines is 2. The second-order valence-corrected chi connectivity index (χ2v) is 7.73. The fraction of sp³-hybridized carbons (Fsp3) is 0.278. The fourth-order valence-electron chi connectivity index (χ4n) is 2.21. The average Bonchev–Trinajstić information content (AvgIpc) is 2.59. The highest BCUT2D eigenvalue weighted by Crippen LogP contribution is 2.22. The predicted octanol–water partition coefficient (Wildman–Crippen LogP) is 3.02. The second kappa shape index (κ2) is 8.18. The van der Waals surface area contributed by atoms with Gasteiger partial charge in [-0.1, -0.05) is 25.1 Å². The molecule has 0 fully saturated rings. The summed E-state index contributed by atoms with van der Waals surface area (Å²) in [5.41, 5.74) is 0.826. The summed E-state index contributed by atoms with van der Waals surface area (Å²) in [5, 5.41) is 2.67. The summed E-state index contributed by atoms with van der Waals surface area (Å²) in [5.74, 6) is -0.995. The molecule has 0 aromatic heterocycles. The molecule has 6 nitrogen and oxygen atoms in total. The summed E-state index contributed by atoms with van der Waals surface area (Å²) in [6, 6.07) is 12.3. The number of halogens is 1. The summed E-state index contributed by atoms with van der Waals surface area (Å²) >= 11 is 0. The molecule has 0 spiro atoms. The molecule has 1 N–H and O–H groups in total. The van der Waals surface area contributed by atoms with Gasteiger partial charge in [0, 0.05) is 12.7 Å². The second-order valence-electron chi connectivity index (χ2n) is 5.72. The zero-order chi connectivity index (χ0) is 19.3. The minimum atomic E-state index is -3.41. The van der Waals surface area contributed by atoms with Gasteiger partial charge in [0.05, 0.1) is 11.9 Å². The largest absolute Gasteiger partial charge is 0.478 e. The van der Waals surface area contributed by atoms with Crippen LogP contribution in [0.25, 0.3) is 0 Å². The zero-order valence-electron chi connectivity index (χ0n) is 14.8. The first-order valence-corrected chi connectivity index (χ1v) is 9.83. The molecule has 0 heterocycles. The average molecular weight is 380 g/mol. The van der Waals surface area contributed by atoms with Crippen LogP contribution in [0.5, 0.6) is 5.75 Å². The summed E-state index contributed by atoms with van der Waals surface area (Å²) in [6.07, 6.45) is 0.541. The Bertz CT molecular complexity index is 886. The van der Waals surface area contributed by atoms with E-state index < -0.39 is 27.9 Å². The summed E-state index contributed by atoms with van der Waals surface area (Å²) in [6.45, 7) is 1.75. The Hall–Kier alpha value is -2.61. The molecule has 0 aliphatic rings. The van der Waals surface area contributed by atoms with Gasteiger partial charge in [-0.25, -0.2) is 12.8 Å². The van der Waals surface area contributed by atoms with Gasteiger partial charge in [-0.05, 0) is 36.8 Å². The lowest BCUT2D eigenvalue weighted by Crippen LogP contribution is -2.32. The van der Waals surface area contributed by atoms with Crippen LogP contribution < -0.4 is 14.4 Å². The summed E-state index contributed by atoms with van der Waals surface area (Å²) < 4.78 is 43.6. The van der Waals surface area contributed by atoms with Crippen molar-refractivity contribution in [3.8, 4) is 5.75 Å². The van der Waals surface area contributed by atoms with E-state index in [1.807, 2.05) is 0 Å². The lowest BCUT2D eigenvalue weighted by molar-refractivity contribution is -0.122. The van der Waals surface area contributed by atoms with Gasteiger partial charge in [-0.15, -0.1) is 0 Å². The third-order valence-electron chi connectivity index (χ3n) is 3.74. The molecule has 1 atom stereocenters. The van der Waals surface area contributed by atoms with E-state index in [4.69, 9.17) is 4.74 Å². The van der Waals surface area contributed by atoms with Crippen LogP contribution in [-0.2, 0) is 14.8 Å². The Morgan fingerprint density at radius 1 is 1.23 bits per heavy atom. The number of hydrogen-bond acceptors (Lipinski definition) is 4. The minimum Gasteiger partial charge on any atom is -0.478 e. The quantitative estimate of drug-likeness (QED) is 0.801. The molecule has 2 aromatic carbocycles. The van der Waals surface area contributed by atoms with Crippen molar-refractivity contribution < 1.29 is 22.3 Å². The van der Waals surface area contributed by atoms with Crippen LogP contribution in [0.3, 0.4) is 0 Å². The SMILES string of the molecule is CCC(Oc1ccccc1F)C(=O)Nc1cccc(N(C)S(C)(=O)=O)c1. The lowest BCUT2D eigenvalue weighted by Gasteiger charge is -2.19. The number of nitrogens with one attached hydrogen (secondary N) is 1. The first-order chi connectivity index (χ1) is 12.2. The van der Waals surface area contributed by atoms with E-state index in [0.717, 1.165) is 10.6 Å². The molecular weight excluding hydrogens is 359 g/mol. The zero-order valence-corrected chi connectivity index (χ0v) is 15.6. The van der Waals surface area contributed by atoms with E-state index in [-0.39, 0.29) is 5.75 Å². The molecular formula is C18H21FN2O4S. The van der Waals surface area contributed by atoms with Gasteiger partial charge in [-0.2, -0.15) is 0 Å². The molecule has 1 amide bonds. The number of carbonyl (C=O) groups is 1. The number of ether oxygens (including phenoxy) is 1. The van der Waals surface area contributed by atoms with E-state index in [0.29, 0.717) is 17.8 Å². The molecule has 0 aliphatic carbocycles. The topological polar surface area (TPSA) is 75.7 Å². The molecule has 140 valence electrons. The van der Waals surface area contributed by atoms with Crippen LogP contribution in [0.1, 0.15) is 13.3 Å². The van der Waals surface area contributed by atoms with Crippen LogP contribution in [0.4, 0.5) is 15.8 Å². The summed E-state index contributed by atoms with van der Waals surface area (Å²) in [7, 11) is -1.99. The van der Waals surface area contributed by atoms with Gasteiger partial charge in [0.2, 0.25) is 10.0 Å². The molecule has 8 heteroatoms. The van der Waals surface area contributed by atoms with Gasteiger partial charge in [0.25, 0.3) is 5.91 Å². The predicted molar refractivity (Wildman–Crippen MR) is 99.4 cm³/mol. The summed E-state index contributed by atoms with van der Waals surface area (Å²) in [4.78, 5) is 12.4. The number of hydrogen-bond donors (Lipinski definition) is 1. The Morgan fingerprint density at radius 3 is 2.54 bits per heavy atom. The Kier molecular flexibility index (Phi) is 6.20. The van der Waals surface area contributed by atoms with Crippen molar-refractivity contribution in [3.63, 3.8) is 0 Å². The van der Waals surface area contributed by atoms with Crippen LogP contribution >= 0.6 is 0 Å². The lowest BCUT2D eigenvalue weighted by atomic mass is 10.2. The first-order valence-electron chi connectivity index (χ1n) is 7.98. The van der Waals surface area contributed by atoms with Gasteiger partial charge < -0.3 is 10.1 Å². The van der Waals surface area contributed by atoms with E-state index in [1.165, 1.54) is 31.3 Å². The highest BCUT2D eigenvalue weighted by atomic mass is 32.2. The van der Waals surface area contributed by atoms with Crippen molar-refractivity contribution in [2.75, 3.05) is 22.9 Å². The highest BCUT2D eigenvalue weighted by molar-refractivity contribution is 7.92. The maximum atomic E-state index is 13.7. The number of sulfonamides is 1. The van der Waals surface area contributed by atoms with Crippen molar-refractivity contribution in [1.82, 2.24) is 0 Å². The van der Waals surface area contributed by atoms with Crippen molar-refractivity contribution in [2.24, 2.45) is 0 Å². The minimum absolute atomic E-state index is 0.0000559. The van der Waals surface area contributed by atoms with Crippen LogP contribution in [0.2, 0.25) is 0 Å². The molecule has 0 bridgehead atoms. The van der Waals surface area contributed by atoms with Crippen LogP contribution in [0.15, 0.2) is 48.5 Å². The third-order valence-corrected chi connectivity index (χ3v) is 4.95. The molecule has 0 saturated carbocycles. The maximum Gasteiger partial charge on any atom is 0.265 e. The monoisotopic (exact) mass is 380 g/mol. The maximum absolute atomic E-state index is 13.7. The smallest absolute Gasteiger partial charge is 0.265 e. The van der Waals surface area contributed by atoms with Crippen LogP contribution in [0, 0.1) is 5.82 Å². The molecule has 0 saturated heterocycles. The van der Waals surface area contributed by atoms with Crippen LogP contribution in [-0.4, -0.2) is 33.7 Å². The number of carbonyl (C=O) groups excluding carboxylic acids is 1. The van der Waals surface area contributed by atoms with Crippen molar-refractivity contribution in [1.29, 1.82) is 0 Å². The van der Waals surface area contributed by atoms with Crippen molar-refractivity contribution >= 4 is 27.3 Å². The molecule has 0 aliphatic heterocycles. The molecule has 2 rings (SSSR count). The number of amides is 1. The third kappa shape index (κ3) is 4.95. The number of rotatable bonds is 7. The molecule has 2 aromatic rings. The van der Waals surface area contributed by atoms with Gasteiger partial charge in [-0.3, -0.25) is 9.10 Å². The van der Waals surface area contributed by atoms with E-state index in [1.54, 1.807) is 31.2 Å². The first kappa shape index (κ1) is 19.7. The normalized spacial score (nSPS) is 12.3. The molecule has 26 heavy (non-hydrogen) atoms. The number of benzene rings is 2. The van der Waals surface area contributed by atoms with Gasteiger partial charge in [0.15, 0.2) is 17.7 Å². The number of para-hydroxylation sites is 1. The Labute approximate surface area is 152 Å². The highest BCUT2D eigenvalue weighted by Gasteiger charge is 2.20.